The number of benzene rings is 3. The van der Waals surface area contributed by atoms with Crippen LogP contribution in [0.3, 0.4) is 0 Å². The molecule has 0 atom stereocenters. The van der Waals surface area contributed by atoms with Gasteiger partial charge in [0.2, 0.25) is 0 Å². The van der Waals surface area contributed by atoms with Crippen molar-refractivity contribution in [3.05, 3.63) is 84.5 Å². The Kier molecular flexibility index (Phi) is 10.6. The number of hydrogen-bond acceptors (Lipinski definition) is 18. The van der Waals surface area contributed by atoms with E-state index in [1.54, 1.807) is 0 Å². The standard InChI is InChI=1S/C30H27N3O18/c34-16-7-13(8-17(35)22(16)40)25(43)49-4-1-31-28(46)32(2-5-50-26(44)14-9-18(36)23(41)19(37)10-14)30(48)33(29(31)47)3-6-51-27(45)15-11-20(38)24(42)21(39)12-15/h7-12,34-42H,1-6H2. The van der Waals surface area contributed by atoms with Gasteiger partial charge in [0.15, 0.2) is 51.7 Å². The number of phenols is 9. The highest BCUT2D eigenvalue weighted by Crippen LogP contribution is 2.37. The van der Waals surface area contributed by atoms with Gasteiger partial charge in [0, 0.05) is 0 Å². The Labute approximate surface area is 282 Å². The molecule has 21 nitrogen and oxygen atoms in total. The third-order valence-corrected chi connectivity index (χ3v) is 6.95. The van der Waals surface area contributed by atoms with E-state index in [4.69, 9.17) is 14.2 Å². The van der Waals surface area contributed by atoms with Gasteiger partial charge in [0.25, 0.3) is 0 Å². The number of aromatic nitrogens is 3. The zero-order valence-electron chi connectivity index (χ0n) is 25.7. The summed E-state index contributed by atoms with van der Waals surface area (Å²) in [7, 11) is 0. The van der Waals surface area contributed by atoms with Crippen LogP contribution in [0, 0.1) is 0 Å². The van der Waals surface area contributed by atoms with E-state index in [9.17, 15) is 74.7 Å². The summed E-state index contributed by atoms with van der Waals surface area (Å²) in [6.45, 7) is -4.22. The van der Waals surface area contributed by atoms with E-state index >= 15 is 0 Å². The summed E-state index contributed by atoms with van der Waals surface area (Å²) < 4.78 is 16.3. The van der Waals surface area contributed by atoms with Crippen LogP contribution in [-0.2, 0) is 33.8 Å². The Morgan fingerprint density at radius 1 is 0.412 bits per heavy atom. The molecule has 9 N–H and O–H groups in total. The molecule has 0 saturated carbocycles. The third kappa shape index (κ3) is 7.88. The Morgan fingerprint density at radius 2 is 0.608 bits per heavy atom. The first-order valence-electron chi connectivity index (χ1n) is 14.2. The van der Waals surface area contributed by atoms with Crippen LogP contribution in [0.5, 0.6) is 51.7 Å². The van der Waals surface area contributed by atoms with Crippen LogP contribution in [0.2, 0.25) is 0 Å². The van der Waals surface area contributed by atoms with Crippen molar-refractivity contribution >= 4 is 17.9 Å². The first kappa shape index (κ1) is 36.5. The second-order valence-electron chi connectivity index (χ2n) is 10.3. The maximum Gasteiger partial charge on any atom is 0.338 e. The smallest absolute Gasteiger partial charge is 0.338 e. The average Bonchev–Trinajstić information content (AvgIpc) is 3.08. The Morgan fingerprint density at radius 3 is 0.804 bits per heavy atom. The van der Waals surface area contributed by atoms with E-state index in [2.05, 4.69) is 0 Å². The second kappa shape index (κ2) is 14.8. The fraction of sp³-hybridized carbons (Fsp3) is 0.200. The maximum atomic E-state index is 13.3. The SMILES string of the molecule is O=C(OCCn1c(=O)n(CCOC(=O)c2cc(O)c(O)c(O)c2)c(=O)n(CCOC(=O)c2cc(O)c(O)c(O)c2)c1=O)c1cc(O)c(O)c(O)c1. The molecule has 0 spiro atoms. The van der Waals surface area contributed by atoms with Gasteiger partial charge < -0.3 is 60.2 Å². The Hall–Kier alpha value is -7.32. The fourth-order valence-electron chi connectivity index (χ4n) is 4.36. The molecule has 0 aliphatic rings. The Balaban J connectivity index is 1.57. The molecule has 3 aromatic carbocycles. The van der Waals surface area contributed by atoms with Crippen molar-refractivity contribution in [2.24, 2.45) is 0 Å². The minimum Gasteiger partial charge on any atom is -0.504 e. The number of carbonyl (C=O) groups excluding carboxylic acids is 3. The second-order valence-corrected chi connectivity index (χ2v) is 10.3. The number of hydrogen-bond donors (Lipinski definition) is 9. The van der Waals surface area contributed by atoms with Gasteiger partial charge in [-0.25, -0.2) is 42.5 Å². The zero-order chi connectivity index (χ0) is 37.7. The van der Waals surface area contributed by atoms with Crippen LogP contribution in [0.15, 0.2) is 50.8 Å². The van der Waals surface area contributed by atoms with E-state index in [-0.39, 0.29) is 0 Å². The molecular weight excluding hydrogens is 690 g/mol. The molecule has 21 heteroatoms. The summed E-state index contributed by atoms with van der Waals surface area (Å²) in [5.41, 5.74) is -5.11. The highest BCUT2D eigenvalue weighted by Gasteiger charge is 2.21. The van der Waals surface area contributed by atoms with Gasteiger partial charge in [-0.2, -0.15) is 0 Å². The van der Waals surface area contributed by atoms with E-state index in [0.717, 1.165) is 36.4 Å². The number of rotatable bonds is 12. The van der Waals surface area contributed by atoms with E-state index < -0.39 is 143 Å². The first-order valence-corrected chi connectivity index (χ1v) is 14.2. The van der Waals surface area contributed by atoms with Crippen LogP contribution in [-0.4, -0.2) is 97.4 Å². The van der Waals surface area contributed by atoms with Crippen LogP contribution < -0.4 is 17.1 Å². The molecular formula is C30H27N3O18. The lowest BCUT2D eigenvalue weighted by Crippen LogP contribution is -2.55. The third-order valence-electron chi connectivity index (χ3n) is 6.95. The molecule has 0 aliphatic heterocycles. The van der Waals surface area contributed by atoms with Gasteiger partial charge in [-0.05, 0) is 36.4 Å². The number of carbonyl (C=O) groups is 3. The normalized spacial score (nSPS) is 10.8. The lowest BCUT2D eigenvalue weighted by atomic mass is 10.2. The molecule has 0 fully saturated rings. The van der Waals surface area contributed by atoms with Crippen LogP contribution in [0.1, 0.15) is 31.1 Å². The van der Waals surface area contributed by atoms with Crippen molar-refractivity contribution in [3.63, 3.8) is 0 Å². The number of nitrogens with zero attached hydrogens (tertiary/aromatic N) is 3. The van der Waals surface area contributed by atoms with Gasteiger partial charge in [-0.1, -0.05) is 0 Å². The molecule has 0 radical (unpaired) electrons. The van der Waals surface area contributed by atoms with E-state index in [1.807, 2.05) is 0 Å². The van der Waals surface area contributed by atoms with E-state index in [0.29, 0.717) is 13.7 Å². The lowest BCUT2D eigenvalue weighted by molar-refractivity contribution is 0.0484. The van der Waals surface area contributed by atoms with Crippen molar-refractivity contribution in [2.75, 3.05) is 19.8 Å². The molecule has 0 unspecified atom stereocenters. The highest BCUT2D eigenvalue weighted by molar-refractivity contribution is 5.92. The molecule has 0 bridgehead atoms. The van der Waals surface area contributed by atoms with Gasteiger partial charge in [-0.3, -0.25) is 0 Å². The minimum atomic E-state index is -1.28. The van der Waals surface area contributed by atoms with Crippen molar-refractivity contribution in [1.29, 1.82) is 0 Å². The number of esters is 3. The number of ether oxygens (including phenoxy) is 3. The molecule has 0 amide bonds. The molecule has 270 valence electrons. The summed E-state index contributed by atoms with van der Waals surface area (Å²) >= 11 is 0. The Bertz CT molecular complexity index is 1870. The maximum absolute atomic E-state index is 13.3. The van der Waals surface area contributed by atoms with E-state index in [1.165, 1.54) is 0 Å². The quantitative estimate of drug-likeness (QED) is 0.0486. The van der Waals surface area contributed by atoms with Gasteiger partial charge in [0.05, 0.1) is 36.3 Å². The fourth-order valence-corrected chi connectivity index (χ4v) is 4.36. The molecule has 4 rings (SSSR count). The molecule has 4 aromatic rings. The average molecular weight is 718 g/mol. The topological polar surface area (TPSA) is 327 Å². The summed E-state index contributed by atoms with van der Waals surface area (Å²) in [4.78, 5) is 77.1. The summed E-state index contributed by atoms with van der Waals surface area (Å²) in [5.74, 6) is -11.3. The summed E-state index contributed by atoms with van der Waals surface area (Å²) in [6.07, 6.45) is 0. The monoisotopic (exact) mass is 717 g/mol. The van der Waals surface area contributed by atoms with Crippen LogP contribution in [0.25, 0.3) is 0 Å². The largest absolute Gasteiger partial charge is 0.504 e. The van der Waals surface area contributed by atoms with Crippen molar-refractivity contribution in [3.8, 4) is 51.7 Å². The van der Waals surface area contributed by atoms with Gasteiger partial charge in [-0.15, -0.1) is 0 Å². The van der Waals surface area contributed by atoms with Crippen molar-refractivity contribution in [2.45, 2.75) is 19.6 Å². The summed E-state index contributed by atoms with van der Waals surface area (Å²) in [6, 6.07) is 4.59. The number of aromatic hydroxyl groups is 9. The van der Waals surface area contributed by atoms with Crippen molar-refractivity contribution in [1.82, 2.24) is 13.7 Å². The van der Waals surface area contributed by atoms with Crippen LogP contribution >= 0.6 is 0 Å². The number of phenolic OH excluding ortho intramolecular Hbond substituents is 9. The summed E-state index contributed by atoms with van der Waals surface area (Å²) in [5, 5.41) is 86.2. The zero-order valence-corrected chi connectivity index (χ0v) is 25.7. The van der Waals surface area contributed by atoms with Gasteiger partial charge >= 0.3 is 35.0 Å². The molecule has 0 aliphatic carbocycles. The highest BCUT2D eigenvalue weighted by atomic mass is 16.5. The molecule has 1 heterocycles. The minimum absolute atomic E-state index is 0.424. The van der Waals surface area contributed by atoms with Crippen molar-refractivity contribution < 1.29 is 74.6 Å². The predicted octanol–water partition coefficient (Wildman–Crippen LogP) is -0.907. The van der Waals surface area contributed by atoms with Gasteiger partial charge in [0.1, 0.15) is 19.8 Å². The molecule has 51 heavy (non-hydrogen) atoms. The molecule has 0 saturated heterocycles. The molecule has 1 aromatic heterocycles. The first-order chi connectivity index (χ1) is 24.0. The predicted molar refractivity (Wildman–Crippen MR) is 164 cm³/mol. The van der Waals surface area contributed by atoms with Crippen LogP contribution in [0.4, 0.5) is 0 Å². The lowest BCUT2D eigenvalue weighted by Gasteiger charge is -2.15.